The van der Waals surface area contributed by atoms with Crippen LogP contribution in [0.2, 0.25) is 0 Å². The quantitative estimate of drug-likeness (QED) is 0.801. The Kier molecular flexibility index (Phi) is 6.30. The van der Waals surface area contributed by atoms with Crippen molar-refractivity contribution >= 4 is 17.6 Å². The largest absolute Gasteiger partial charge is 0.482 e. The minimum Gasteiger partial charge on any atom is -0.482 e. The molecule has 0 bridgehead atoms. The summed E-state index contributed by atoms with van der Waals surface area (Å²) in [5, 5.41) is 20.0. The zero-order chi connectivity index (χ0) is 18.9. The van der Waals surface area contributed by atoms with Crippen LogP contribution >= 0.6 is 0 Å². The normalized spacial score (nSPS) is 10.7. The maximum Gasteiger partial charge on any atom is 0.344 e. The SMILES string of the molecule is C[C@H](OC(=O)COc1ccc(C#N)cc1)C(=O)Nc1ccc(C#N)cc1. The van der Waals surface area contributed by atoms with E-state index in [-0.39, 0.29) is 6.61 Å². The number of nitrogens with zero attached hydrogens (tertiary/aromatic N) is 2. The number of nitriles is 2. The molecule has 0 radical (unpaired) electrons. The van der Waals surface area contributed by atoms with Gasteiger partial charge in [0.15, 0.2) is 12.7 Å². The van der Waals surface area contributed by atoms with Crippen molar-refractivity contribution in [3.8, 4) is 17.9 Å². The van der Waals surface area contributed by atoms with Gasteiger partial charge in [-0.1, -0.05) is 0 Å². The number of rotatable bonds is 6. The summed E-state index contributed by atoms with van der Waals surface area (Å²) in [7, 11) is 0. The molecule has 130 valence electrons. The highest BCUT2D eigenvalue weighted by molar-refractivity contribution is 5.95. The molecule has 1 atom stereocenters. The number of carbonyl (C=O) groups excluding carboxylic acids is 2. The molecule has 1 amide bonds. The average molecular weight is 349 g/mol. The van der Waals surface area contributed by atoms with E-state index >= 15 is 0 Å². The van der Waals surface area contributed by atoms with E-state index in [1.54, 1.807) is 48.5 Å². The molecule has 0 aliphatic heterocycles. The van der Waals surface area contributed by atoms with Crippen LogP contribution in [0.4, 0.5) is 5.69 Å². The lowest BCUT2D eigenvalue weighted by Gasteiger charge is -2.14. The van der Waals surface area contributed by atoms with Crippen molar-refractivity contribution in [2.75, 3.05) is 11.9 Å². The lowest BCUT2D eigenvalue weighted by atomic mass is 10.2. The summed E-state index contributed by atoms with van der Waals surface area (Å²) in [4.78, 5) is 23.8. The first kappa shape index (κ1) is 18.5. The van der Waals surface area contributed by atoms with E-state index in [1.807, 2.05) is 12.1 Å². The Bertz CT molecular complexity index is 862. The van der Waals surface area contributed by atoms with Crippen molar-refractivity contribution < 1.29 is 19.1 Å². The van der Waals surface area contributed by atoms with Crippen molar-refractivity contribution in [1.29, 1.82) is 10.5 Å². The lowest BCUT2D eigenvalue weighted by molar-refractivity contribution is -0.155. The number of benzene rings is 2. The minimum atomic E-state index is -1.01. The smallest absolute Gasteiger partial charge is 0.344 e. The third kappa shape index (κ3) is 5.36. The molecule has 0 aliphatic carbocycles. The number of anilines is 1. The number of esters is 1. The van der Waals surface area contributed by atoms with E-state index in [2.05, 4.69) is 5.32 Å². The van der Waals surface area contributed by atoms with Gasteiger partial charge in [-0.05, 0) is 55.5 Å². The van der Waals surface area contributed by atoms with E-state index < -0.39 is 18.0 Å². The molecule has 2 aromatic carbocycles. The van der Waals surface area contributed by atoms with Crippen LogP contribution in [0, 0.1) is 22.7 Å². The predicted molar refractivity (Wildman–Crippen MR) is 92.0 cm³/mol. The first-order valence-electron chi connectivity index (χ1n) is 7.65. The molecule has 0 aliphatic rings. The van der Waals surface area contributed by atoms with Gasteiger partial charge in [0.1, 0.15) is 5.75 Å². The van der Waals surface area contributed by atoms with Gasteiger partial charge < -0.3 is 14.8 Å². The van der Waals surface area contributed by atoms with Gasteiger partial charge in [0, 0.05) is 5.69 Å². The fraction of sp³-hybridized carbons (Fsp3) is 0.158. The summed E-state index contributed by atoms with van der Waals surface area (Å²) in [5.74, 6) is -0.783. The van der Waals surface area contributed by atoms with Crippen LogP contribution in [0.15, 0.2) is 48.5 Å². The molecule has 0 unspecified atom stereocenters. The summed E-state index contributed by atoms with van der Waals surface area (Å²) >= 11 is 0. The fourth-order valence-corrected chi connectivity index (χ4v) is 1.92. The summed E-state index contributed by atoms with van der Waals surface area (Å²) in [6.45, 7) is 1.08. The van der Waals surface area contributed by atoms with E-state index in [0.29, 0.717) is 22.6 Å². The Balaban J connectivity index is 1.80. The monoisotopic (exact) mass is 349 g/mol. The van der Waals surface area contributed by atoms with Gasteiger partial charge in [-0.25, -0.2) is 4.79 Å². The second kappa shape index (κ2) is 8.86. The predicted octanol–water partition coefficient (Wildman–Crippen LogP) is 2.38. The fourth-order valence-electron chi connectivity index (χ4n) is 1.92. The third-order valence-corrected chi connectivity index (χ3v) is 3.30. The number of hydrogen-bond donors (Lipinski definition) is 1. The zero-order valence-corrected chi connectivity index (χ0v) is 13.9. The van der Waals surface area contributed by atoms with Gasteiger partial charge in [0.25, 0.3) is 5.91 Å². The maximum atomic E-state index is 12.0. The Morgan fingerprint density at radius 2 is 1.54 bits per heavy atom. The molecule has 1 N–H and O–H groups in total. The molecule has 2 rings (SSSR count). The standard InChI is InChI=1S/C19H15N3O4/c1-13(19(24)22-16-6-2-14(10-20)3-7-16)26-18(23)12-25-17-8-4-15(11-21)5-9-17/h2-9,13H,12H2,1H3,(H,22,24)/t13-/m0/s1. The van der Waals surface area contributed by atoms with E-state index in [1.165, 1.54) is 6.92 Å². The number of nitrogens with one attached hydrogen (secondary N) is 1. The van der Waals surface area contributed by atoms with Gasteiger partial charge >= 0.3 is 5.97 Å². The molecule has 7 nitrogen and oxygen atoms in total. The third-order valence-electron chi connectivity index (χ3n) is 3.30. The Morgan fingerprint density at radius 1 is 1.00 bits per heavy atom. The highest BCUT2D eigenvalue weighted by atomic mass is 16.6. The maximum absolute atomic E-state index is 12.0. The van der Waals surface area contributed by atoms with Crippen molar-refractivity contribution in [1.82, 2.24) is 0 Å². The van der Waals surface area contributed by atoms with Crippen LogP contribution < -0.4 is 10.1 Å². The highest BCUT2D eigenvalue weighted by Crippen LogP contribution is 2.12. The van der Waals surface area contributed by atoms with Crippen LogP contribution in [0.5, 0.6) is 5.75 Å². The molecular weight excluding hydrogens is 334 g/mol. The van der Waals surface area contributed by atoms with Crippen molar-refractivity contribution in [2.24, 2.45) is 0 Å². The molecule has 0 spiro atoms. The van der Waals surface area contributed by atoms with Gasteiger partial charge in [-0.15, -0.1) is 0 Å². The minimum absolute atomic E-state index is 0.361. The first-order valence-corrected chi connectivity index (χ1v) is 7.65. The number of ether oxygens (including phenoxy) is 2. The second-order valence-electron chi connectivity index (χ2n) is 5.24. The molecule has 0 aromatic heterocycles. The van der Waals surface area contributed by atoms with Crippen molar-refractivity contribution in [3.05, 3.63) is 59.7 Å². The van der Waals surface area contributed by atoms with Gasteiger partial charge in [0.05, 0.1) is 23.3 Å². The number of amides is 1. The molecule has 0 heterocycles. The second-order valence-corrected chi connectivity index (χ2v) is 5.24. The Morgan fingerprint density at radius 3 is 2.08 bits per heavy atom. The Labute approximate surface area is 150 Å². The molecule has 7 heteroatoms. The molecular formula is C19H15N3O4. The summed E-state index contributed by atoms with van der Waals surface area (Å²) in [5.41, 5.74) is 1.45. The lowest BCUT2D eigenvalue weighted by Crippen LogP contribution is -2.31. The molecule has 0 fully saturated rings. The van der Waals surface area contributed by atoms with Gasteiger partial charge in [-0.2, -0.15) is 10.5 Å². The topological polar surface area (TPSA) is 112 Å². The zero-order valence-electron chi connectivity index (χ0n) is 13.9. The van der Waals surface area contributed by atoms with Crippen LogP contribution in [-0.2, 0) is 14.3 Å². The van der Waals surface area contributed by atoms with Crippen LogP contribution in [0.3, 0.4) is 0 Å². The molecule has 0 saturated carbocycles. The van der Waals surface area contributed by atoms with E-state index in [0.717, 1.165) is 0 Å². The van der Waals surface area contributed by atoms with Crippen LogP contribution in [0.25, 0.3) is 0 Å². The summed E-state index contributed by atoms with van der Waals surface area (Å²) < 4.78 is 10.3. The van der Waals surface area contributed by atoms with Crippen molar-refractivity contribution in [3.63, 3.8) is 0 Å². The molecule has 0 saturated heterocycles. The van der Waals surface area contributed by atoms with Gasteiger partial charge in [0.2, 0.25) is 0 Å². The molecule has 2 aromatic rings. The van der Waals surface area contributed by atoms with E-state index in [9.17, 15) is 9.59 Å². The van der Waals surface area contributed by atoms with Crippen LogP contribution in [0.1, 0.15) is 18.1 Å². The number of hydrogen-bond acceptors (Lipinski definition) is 6. The van der Waals surface area contributed by atoms with Crippen LogP contribution in [-0.4, -0.2) is 24.6 Å². The average Bonchev–Trinajstić information content (AvgIpc) is 2.67. The van der Waals surface area contributed by atoms with Crippen molar-refractivity contribution in [2.45, 2.75) is 13.0 Å². The highest BCUT2D eigenvalue weighted by Gasteiger charge is 2.18. The first-order chi connectivity index (χ1) is 12.5. The van der Waals surface area contributed by atoms with E-state index in [4.69, 9.17) is 20.0 Å². The van der Waals surface area contributed by atoms with Gasteiger partial charge in [-0.3, -0.25) is 4.79 Å². The summed E-state index contributed by atoms with van der Waals surface area (Å²) in [6, 6.07) is 16.5. The summed E-state index contributed by atoms with van der Waals surface area (Å²) in [6.07, 6.45) is -1.01. The molecule has 26 heavy (non-hydrogen) atoms. The Hall–Kier alpha value is -3.84. The number of carbonyl (C=O) groups is 2.